The molecule has 0 unspecified atom stereocenters. The zero-order chi connectivity index (χ0) is 13.9. The highest BCUT2D eigenvalue weighted by Crippen LogP contribution is 2.35. The Morgan fingerprint density at radius 2 is 2.25 bits per heavy atom. The van der Waals surface area contributed by atoms with Gasteiger partial charge in [-0.15, -0.1) is 0 Å². The molecule has 0 N–H and O–H groups in total. The van der Waals surface area contributed by atoms with E-state index >= 15 is 0 Å². The molecular formula is C14H11N3O3. The lowest BCUT2D eigenvalue weighted by Gasteiger charge is -2.25. The predicted molar refractivity (Wildman–Crippen MR) is 73.3 cm³/mol. The predicted octanol–water partition coefficient (Wildman–Crippen LogP) is 2.86. The standard InChI is InChI=1S/C14H11N3O3/c18-17(19)12-3-4-13-14(8-12)20-7-6-16(13)10-11-2-1-5-15-9-11/h1-9H,10H2. The minimum absolute atomic E-state index is 0.0142. The fourth-order valence-electron chi connectivity index (χ4n) is 2.03. The van der Waals surface area contributed by atoms with Crippen molar-refractivity contribution in [2.45, 2.75) is 6.54 Å². The van der Waals surface area contributed by atoms with Gasteiger partial charge in [-0.2, -0.15) is 0 Å². The number of rotatable bonds is 3. The van der Waals surface area contributed by atoms with Crippen molar-refractivity contribution in [3.05, 3.63) is 70.9 Å². The van der Waals surface area contributed by atoms with Crippen LogP contribution in [0.4, 0.5) is 11.4 Å². The molecule has 6 heteroatoms. The fourth-order valence-corrected chi connectivity index (χ4v) is 2.03. The Balaban J connectivity index is 1.90. The summed E-state index contributed by atoms with van der Waals surface area (Å²) >= 11 is 0. The molecule has 0 saturated heterocycles. The average Bonchev–Trinajstić information content (AvgIpc) is 2.48. The second-order valence-corrected chi connectivity index (χ2v) is 4.30. The van der Waals surface area contributed by atoms with Crippen LogP contribution in [0.3, 0.4) is 0 Å². The number of pyridine rings is 1. The van der Waals surface area contributed by atoms with E-state index in [2.05, 4.69) is 4.98 Å². The van der Waals surface area contributed by atoms with Crippen LogP contribution in [0, 0.1) is 10.1 Å². The first-order valence-electron chi connectivity index (χ1n) is 6.01. The van der Waals surface area contributed by atoms with E-state index in [1.807, 2.05) is 17.0 Å². The normalized spacial score (nSPS) is 12.7. The van der Waals surface area contributed by atoms with E-state index in [9.17, 15) is 10.1 Å². The molecule has 0 bridgehead atoms. The van der Waals surface area contributed by atoms with Crippen molar-refractivity contribution < 1.29 is 9.66 Å². The molecule has 0 amide bonds. The lowest BCUT2D eigenvalue weighted by atomic mass is 10.2. The number of fused-ring (bicyclic) bond motifs is 1. The number of ether oxygens (including phenoxy) is 1. The first-order valence-corrected chi connectivity index (χ1v) is 6.01. The lowest BCUT2D eigenvalue weighted by Crippen LogP contribution is -2.19. The molecule has 1 aliphatic heterocycles. The number of nitro groups is 1. The molecule has 0 fully saturated rings. The highest BCUT2D eigenvalue weighted by molar-refractivity contribution is 5.65. The van der Waals surface area contributed by atoms with Gasteiger partial charge in [0.1, 0.15) is 6.26 Å². The van der Waals surface area contributed by atoms with Crippen LogP contribution in [0.25, 0.3) is 0 Å². The van der Waals surface area contributed by atoms with Gasteiger partial charge < -0.3 is 9.64 Å². The number of aromatic nitrogens is 1. The maximum Gasteiger partial charge on any atom is 0.273 e. The quantitative estimate of drug-likeness (QED) is 0.633. The molecule has 2 heterocycles. The number of hydrogen-bond acceptors (Lipinski definition) is 5. The van der Waals surface area contributed by atoms with Crippen LogP contribution >= 0.6 is 0 Å². The Kier molecular flexibility index (Phi) is 3.04. The first-order chi connectivity index (χ1) is 9.74. The van der Waals surface area contributed by atoms with Gasteiger partial charge in [0.15, 0.2) is 5.75 Å². The van der Waals surface area contributed by atoms with Gasteiger partial charge >= 0.3 is 0 Å². The van der Waals surface area contributed by atoms with Crippen LogP contribution in [0.2, 0.25) is 0 Å². The molecule has 0 saturated carbocycles. The van der Waals surface area contributed by atoms with Gasteiger partial charge in [-0.3, -0.25) is 15.1 Å². The maximum absolute atomic E-state index is 10.8. The molecule has 100 valence electrons. The summed E-state index contributed by atoms with van der Waals surface area (Å²) in [6, 6.07) is 8.43. The van der Waals surface area contributed by atoms with E-state index < -0.39 is 4.92 Å². The molecule has 2 aromatic rings. The Morgan fingerprint density at radius 3 is 3.00 bits per heavy atom. The highest BCUT2D eigenvalue weighted by Gasteiger charge is 2.18. The summed E-state index contributed by atoms with van der Waals surface area (Å²) in [5, 5.41) is 10.8. The summed E-state index contributed by atoms with van der Waals surface area (Å²) in [6.07, 6.45) is 6.81. The second-order valence-electron chi connectivity index (χ2n) is 4.30. The largest absolute Gasteiger partial charge is 0.461 e. The van der Waals surface area contributed by atoms with Crippen molar-refractivity contribution in [1.29, 1.82) is 0 Å². The molecule has 20 heavy (non-hydrogen) atoms. The van der Waals surface area contributed by atoms with E-state index in [1.165, 1.54) is 18.4 Å². The van der Waals surface area contributed by atoms with E-state index in [0.717, 1.165) is 11.3 Å². The molecule has 0 aliphatic carbocycles. The SMILES string of the molecule is O=[N+]([O-])c1ccc2c(c1)OC=CN2Cc1cccnc1. The lowest BCUT2D eigenvalue weighted by molar-refractivity contribution is -0.384. The third-order valence-corrected chi connectivity index (χ3v) is 2.98. The zero-order valence-electron chi connectivity index (χ0n) is 10.5. The topological polar surface area (TPSA) is 68.5 Å². The zero-order valence-corrected chi connectivity index (χ0v) is 10.5. The molecule has 0 atom stereocenters. The molecule has 0 spiro atoms. The summed E-state index contributed by atoms with van der Waals surface area (Å²) in [4.78, 5) is 16.4. The summed E-state index contributed by atoms with van der Waals surface area (Å²) < 4.78 is 5.34. The molecule has 1 aromatic heterocycles. The highest BCUT2D eigenvalue weighted by atomic mass is 16.6. The molecule has 6 nitrogen and oxygen atoms in total. The Morgan fingerprint density at radius 1 is 1.35 bits per heavy atom. The molecule has 1 aliphatic rings. The van der Waals surface area contributed by atoms with Crippen LogP contribution in [0.5, 0.6) is 5.75 Å². The Bertz CT molecular complexity index is 671. The second kappa shape index (κ2) is 5.00. The van der Waals surface area contributed by atoms with Gasteiger partial charge in [-0.1, -0.05) is 6.07 Å². The summed E-state index contributed by atoms with van der Waals surface area (Å²) in [7, 11) is 0. The van der Waals surface area contributed by atoms with Crippen molar-refractivity contribution in [3.63, 3.8) is 0 Å². The van der Waals surface area contributed by atoms with E-state index in [0.29, 0.717) is 12.3 Å². The summed E-state index contributed by atoms with van der Waals surface area (Å²) in [5.41, 5.74) is 1.85. The molecular weight excluding hydrogens is 258 g/mol. The van der Waals surface area contributed by atoms with E-state index in [4.69, 9.17) is 4.74 Å². The van der Waals surface area contributed by atoms with Crippen LogP contribution in [0.15, 0.2) is 55.2 Å². The number of nitrogens with zero attached hydrogens (tertiary/aromatic N) is 3. The van der Waals surface area contributed by atoms with Crippen molar-refractivity contribution in [1.82, 2.24) is 4.98 Å². The molecule has 1 aromatic carbocycles. The number of nitro benzene ring substituents is 1. The molecule has 3 rings (SSSR count). The third kappa shape index (κ3) is 2.31. The van der Waals surface area contributed by atoms with Gasteiger partial charge in [0.25, 0.3) is 5.69 Å². The number of anilines is 1. The monoisotopic (exact) mass is 269 g/mol. The van der Waals surface area contributed by atoms with Gasteiger partial charge in [0.2, 0.25) is 0 Å². The van der Waals surface area contributed by atoms with Crippen LogP contribution < -0.4 is 9.64 Å². The van der Waals surface area contributed by atoms with Crippen LogP contribution in [-0.2, 0) is 6.54 Å². The molecule has 0 radical (unpaired) electrons. The summed E-state index contributed by atoms with van der Waals surface area (Å²) in [5.74, 6) is 0.477. The smallest absolute Gasteiger partial charge is 0.273 e. The third-order valence-electron chi connectivity index (χ3n) is 2.98. The number of non-ortho nitro benzene ring substituents is 1. The minimum Gasteiger partial charge on any atom is -0.461 e. The van der Waals surface area contributed by atoms with Gasteiger partial charge in [0, 0.05) is 31.2 Å². The number of hydrogen-bond donors (Lipinski definition) is 0. The Hall–Kier alpha value is -2.89. The van der Waals surface area contributed by atoms with E-state index in [1.54, 1.807) is 24.7 Å². The van der Waals surface area contributed by atoms with Gasteiger partial charge in [0.05, 0.1) is 16.7 Å². The minimum atomic E-state index is -0.437. The van der Waals surface area contributed by atoms with Crippen molar-refractivity contribution in [3.8, 4) is 5.75 Å². The maximum atomic E-state index is 10.8. The van der Waals surface area contributed by atoms with Crippen LogP contribution in [0.1, 0.15) is 5.56 Å². The average molecular weight is 269 g/mol. The van der Waals surface area contributed by atoms with Gasteiger partial charge in [-0.25, -0.2) is 0 Å². The van der Waals surface area contributed by atoms with E-state index in [-0.39, 0.29) is 5.69 Å². The van der Waals surface area contributed by atoms with Crippen molar-refractivity contribution >= 4 is 11.4 Å². The Labute approximate surface area is 115 Å². The fraction of sp³-hybridized carbons (Fsp3) is 0.0714. The number of benzene rings is 1. The first kappa shape index (κ1) is 12.2. The summed E-state index contributed by atoms with van der Waals surface area (Å²) in [6.45, 7) is 0.624. The van der Waals surface area contributed by atoms with Crippen molar-refractivity contribution in [2.75, 3.05) is 4.90 Å². The van der Waals surface area contributed by atoms with Crippen LogP contribution in [-0.4, -0.2) is 9.91 Å². The van der Waals surface area contributed by atoms with Gasteiger partial charge in [-0.05, 0) is 17.7 Å². The van der Waals surface area contributed by atoms with Crippen molar-refractivity contribution in [2.24, 2.45) is 0 Å².